The van der Waals surface area contributed by atoms with Crippen molar-refractivity contribution in [3.05, 3.63) is 24.0 Å². The molecule has 1 rings (SSSR count). The van der Waals surface area contributed by atoms with Crippen LogP contribution in [-0.4, -0.2) is 23.8 Å². The zero-order chi connectivity index (χ0) is 12.9. The topological polar surface area (TPSA) is 26.2 Å². The van der Waals surface area contributed by atoms with Crippen LogP contribution in [0.4, 0.5) is 0 Å². The van der Waals surface area contributed by atoms with Crippen LogP contribution in [-0.2, 0) is 11.3 Å². The first-order valence-corrected chi connectivity index (χ1v) is 6.42. The van der Waals surface area contributed by atoms with Crippen LogP contribution >= 0.6 is 0 Å². The maximum absolute atomic E-state index is 5.43. The van der Waals surface area contributed by atoms with Gasteiger partial charge in [0.05, 0.1) is 5.60 Å². The average molecular weight is 238 g/mol. The van der Waals surface area contributed by atoms with Gasteiger partial charge in [0.1, 0.15) is 0 Å². The predicted octanol–water partition coefficient (Wildman–Crippen LogP) is 2.97. The molecule has 0 fully saturated rings. The summed E-state index contributed by atoms with van der Waals surface area (Å²) in [7, 11) is 1.77. The highest BCUT2D eigenvalue weighted by Crippen LogP contribution is 2.17. The quantitative estimate of drug-likeness (QED) is 0.790. The van der Waals surface area contributed by atoms with Crippen molar-refractivity contribution < 1.29 is 4.74 Å². The normalized spacial score (nSPS) is 13.9. The molecule has 1 atom stereocenters. The number of aromatic nitrogens is 1. The highest BCUT2D eigenvalue weighted by atomic mass is 16.5. The van der Waals surface area contributed by atoms with Crippen molar-refractivity contribution in [1.82, 2.24) is 9.88 Å². The Morgan fingerprint density at radius 1 is 1.47 bits per heavy atom. The number of aryl methyl sites for hydroxylation is 1. The third-order valence-electron chi connectivity index (χ3n) is 3.31. The fraction of sp³-hybridized carbons (Fsp3) is 0.714. The molecule has 3 nitrogen and oxygen atoms in total. The van der Waals surface area contributed by atoms with Gasteiger partial charge >= 0.3 is 0 Å². The lowest BCUT2D eigenvalue weighted by atomic mass is 10.1. The van der Waals surface area contributed by atoms with Crippen LogP contribution in [0.3, 0.4) is 0 Å². The molecular formula is C14H26N2O. The Morgan fingerprint density at radius 2 is 2.18 bits per heavy atom. The van der Waals surface area contributed by atoms with E-state index in [1.54, 1.807) is 7.11 Å². The molecular weight excluding hydrogens is 212 g/mol. The summed E-state index contributed by atoms with van der Waals surface area (Å²) in [5.74, 6) is 0. The fourth-order valence-corrected chi connectivity index (χ4v) is 1.78. The molecule has 0 bridgehead atoms. The van der Waals surface area contributed by atoms with Crippen LogP contribution in [0.25, 0.3) is 0 Å². The number of hydrogen-bond acceptors (Lipinski definition) is 2. The zero-order valence-electron chi connectivity index (χ0n) is 11.8. The Bertz CT molecular complexity index is 331. The largest absolute Gasteiger partial charge is 0.379 e. The van der Waals surface area contributed by atoms with E-state index in [1.165, 1.54) is 5.56 Å². The second-order valence-corrected chi connectivity index (χ2v) is 5.18. The molecule has 1 aromatic heterocycles. The summed E-state index contributed by atoms with van der Waals surface area (Å²) in [4.78, 5) is 0. The van der Waals surface area contributed by atoms with E-state index in [-0.39, 0.29) is 5.60 Å². The molecule has 0 aliphatic heterocycles. The van der Waals surface area contributed by atoms with Crippen LogP contribution in [0, 0.1) is 0 Å². The predicted molar refractivity (Wildman–Crippen MR) is 72.2 cm³/mol. The zero-order valence-corrected chi connectivity index (χ0v) is 11.8. The second kappa shape index (κ2) is 6.22. The molecule has 0 aliphatic carbocycles. The van der Waals surface area contributed by atoms with Crippen molar-refractivity contribution in [2.45, 2.75) is 52.3 Å². The van der Waals surface area contributed by atoms with E-state index in [0.29, 0.717) is 6.04 Å². The van der Waals surface area contributed by atoms with Gasteiger partial charge in [-0.05, 0) is 45.4 Å². The second-order valence-electron chi connectivity index (χ2n) is 5.18. The van der Waals surface area contributed by atoms with E-state index in [2.05, 4.69) is 56.0 Å². The number of nitrogens with one attached hydrogen (secondary N) is 1. The van der Waals surface area contributed by atoms with E-state index in [4.69, 9.17) is 4.74 Å². The number of ether oxygens (including phenoxy) is 1. The maximum atomic E-state index is 5.43. The molecule has 0 saturated heterocycles. The monoisotopic (exact) mass is 238 g/mol. The van der Waals surface area contributed by atoms with Gasteiger partial charge in [0.15, 0.2) is 0 Å². The lowest BCUT2D eigenvalue weighted by molar-refractivity contribution is 0.0120. The molecule has 1 N–H and O–H groups in total. The SMILES string of the molecule is CCNC(C)c1ccn(CCC(C)(C)OC)c1. The van der Waals surface area contributed by atoms with Crippen molar-refractivity contribution in [3.63, 3.8) is 0 Å². The Kier molecular flexibility index (Phi) is 5.22. The molecule has 17 heavy (non-hydrogen) atoms. The van der Waals surface area contributed by atoms with Gasteiger partial charge in [0, 0.05) is 32.1 Å². The minimum absolute atomic E-state index is 0.0439. The van der Waals surface area contributed by atoms with E-state index in [1.807, 2.05) is 0 Å². The first-order valence-electron chi connectivity index (χ1n) is 6.42. The molecule has 1 aromatic rings. The molecule has 0 aliphatic rings. The van der Waals surface area contributed by atoms with Crippen LogP contribution in [0.15, 0.2) is 18.5 Å². The van der Waals surface area contributed by atoms with Gasteiger partial charge in [-0.2, -0.15) is 0 Å². The summed E-state index contributed by atoms with van der Waals surface area (Å²) in [6, 6.07) is 2.62. The average Bonchev–Trinajstić information content (AvgIpc) is 2.76. The van der Waals surface area contributed by atoms with Gasteiger partial charge in [-0.15, -0.1) is 0 Å². The smallest absolute Gasteiger partial charge is 0.0639 e. The number of methoxy groups -OCH3 is 1. The molecule has 0 saturated carbocycles. The van der Waals surface area contributed by atoms with E-state index in [9.17, 15) is 0 Å². The number of hydrogen-bond donors (Lipinski definition) is 1. The van der Waals surface area contributed by atoms with Crippen molar-refractivity contribution in [2.75, 3.05) is 13.7 Å². The minimum Gasteiger partial charge on any atom is -0.379 e. The lowest BCUT2D eigenvalue weighted by Gasteiger charge is -2.22. The summed E-state index contributed by atoms with van der Waals surface area (Å²) in [6.45, 7) is 10.6. The molecule has 0 aromatic carbocycles. The van der Waals surface area contributed by atoms with Gasteiger partial charge in [-0.3, -0.25) is 0 Å². The summed E-state index contributed by atoms with van der Waals surface area (Å²) in [5, 5.41) is 3.42. The highest BCUT2D eigenvalue weighted by molar-refractivity contribution is 5.14. The first-order chi connectivity index (χ1) is 7.98. The maximum Gasteiger partial charge on any atom is 0.0639 e. The molecule has 1 unspecified atom stereocenters. The van der Waals surface area contributed by atoms with Gasteiger partial charge < -0.3 is 14.6 Å². The third-order valence-corrected chi connectivity index (χ3v) is 3.31. The number of rotatable bonds is 7. The third kappa shape index (κ3) is 4.52. The Labute approximate surface area is 105 Å². The van der Waals surface area contributed by atoms with Crippen molar-refractivity contribution in [3.8, 4) is 0 Å². The van der Waals surface area contributed by atoms with E-state index >= 15 is 0 Å². The number of nitrogens with zero attached hydrogens (tertiary/aromatic N) is 1. The lowest BCUT2D eigenvalue weighted by Crippen LogP contribution is -2.24. The molecule has 0 spiro atoms. The van der Waals surface area contributed by atoms with E-state index < -0.39 is 0 Å². The summed E-state index contributed by atoms with van der Waals surface area (Å²) >= 11 is 0. The van der Waals surface area contributed by atoms with Crippen LogP contribution in [0.2, 0.25) is 0 Å². The Hall–Kier alpha value is -0.800. The summed E-state index contributed by atoms with van der Waals surface area (Å²) < 4.78 is 7.67. The van der Waals surface area contributed by atoms with Crippen molar-refractivity contribution >= 4 is 0 Å². The first kappa shape index (κ1) is 14.3. The van der Waals surface area contributed by atoms with Gasteiger partial charge in [-0.1, -0.05) is 6.92 Å². The fourth-order valence-electron chi connectivity index (χ4n) is 1.78. The van der Waals surface area contributed by atoms with Gasteiger partial charge in [-0.25, -0.2) is 0 Å². The van der Waals surface area contributed by atoms with Crippen molar-refractivity contribution in [1.29, 1.82) is 0 Å². The van der Waals surface area contributed by atoms with Gasteiger partial charge in [0.25, 0.3) is 0 Å². The highest BCUT2D eigenvalue weighted by Gasteiger charge is 2.16. The van der Waals surface area contributed by atoms with Crippen LogP contribution in [0.5, 0.6) is 0 Å². The molecule has 98 valence electrons. The standard InChI is InChI=1S/C14H26N2O/c1-6-15-12(2)13-7-9-16(11-13)10-8-14(3,4)17-5/h7,9,11-12,15H,6,8,10H2,1-5H3. The molecule has 1 heterocycles. The van der Waals surface area contributed by atoms with Crippen LogP contribution < -0.4 is 5.32 Å². The molecule has 3 heteroatoms. The Balaban J connectivity index is 2.51. The van der Waals surface area contributed by atoms with Gasteiger partial charge in [0.2, 0.25) is 0 Å². The summed E-state index contributed by atoms with van der Waals surface area (Å²) in [6.07, 6.45) is 5.39. The molecule has 0 amide bonds. The molecule has 0 radical (unpaired) electrons. The summed E-state index contributed by atoms with van der Waals surface area (Å²) in [5.41, 5.74) is 1.31. The Morgan fingerprint density at radius 3 is 2.76 bits per heavy atom. The van der Waals surface area contributed by atoms with Crippen molar-refractivity contribution in [2.24, 2.45) is 0 Å². The van der Waals surface area contributed by atoms with E-state index in [0.717, 1.165) is 19.5 Å². The minimum atomic E-state index is -0.0439. The van der Waals surface area contributed by atoms with Crippen LogP contribution in [0.1, 0.15) is 45.7 Å².